The van der Waals surface area contributed by atoms with Crippen molar-refractivity contribution in [1.29, 1.82) is 0 Å². The fourth-order valence-electron chi connectivity index (χ4n) is 2.73. The molecule has 2 aromatic carbocycles. The molecule has 0 bridgehead atoms. The molecule has 0 saturated carbocycles. The molecule has 3 rings (SSSR count). The van der Waals surface area contributed by atoms with Crippen LogP contribution in [0.1, 0.15) is 16.7 Å². The van der Waals surface area contributed by atoms with Crippen LogP contribution in [0.2, 0.25) is 0 Å². The summed E-state index contributed by atoms with van der Waals surface area (Å²) in [6.07, 6.45) is 1.55. The summed E-state index contributed by atoms with van der Waals surface area (Å²) in [6.45, 7) is 3.40. The summed E-state index contributed by atoms with van der Waals surface area (Å²) in [5.74, 6) is -0.877. The van der Waals surface area contributed by atoms with E-state index in [1.54, 1.807) is 18.2 Å². The van der Waals surface area contributed by atoms with Gasteiger partial charge in [-0.05, 0) is 76.4 Å². The third kappa shape index (κ3) is 4.28. The second kappa shape index (κ2) is 8.20. The molecule has 0 unspecified atom stereocenters. The maximum atomic E-state index is 12.6. The largest absolute Gasteiger partial charge is 0.507 e. The van der Waals surface area contributed by atoms with E-state index >= 15 is 0 Å². The van der Waals surface area contributed by atoms with E-state index in [9.17, 15) is 19.5 Å². The van der Waals surface area contributed by atoms with Gasteiger partial charge in [0.25, 0.3) is 11.1 Å². The Balaban J connectivity index is 1.74. The van der Waals surface area contributed by atoms with E-state index in [1.807, 2.05) is 32.0 Å². The molecule has 28 heavy (non-hydrogen) atoms. The molecule has 8 heteroatoms. The molecular formula is C20H17BrN2O4S. The van der Waals surface area contributed by atoms with Crippen LogP contribution in [0.3, 0.4) is 0 Å². The lowest BCUT2D eigenvalue weighted by atomic mass is 10.1. The second-order valence-electron chi connectivity index (χ2n) is 6.29. The lowest BCUT2D eigenvalue weighted by Gasteiger charge is -2.15. The number of carbonyl (C=O) groups excluding carboxylic acids is 3. The first-order valence-corrected chi connectivity index (χ1v) is 9.97. The van der Waals surface area contributed by atoms with Crippen LogP contribution in [-0.4, -0.2) is 33.6 Å². The highest BCUT2D eigenvalue weighted by Gasteiger charge is 2.36. The molecule has 0 atom stereocenters. The molecule has 1 aliphatic rings. The molecule has 1 saturated heterocycles. The van der Waals surface area contributed by atoms with Gasteiger partial charge in [0.15, 0.2) is 0 Å². The summed E-state index contributed by atoms with van der Waals surface area (Å²) in [4.78, 5) is 38.3. The standard InChI is InChI=1S/C20H17BrN2O4S/c1-11-4-3-5-12(2)18(11)22-17(25)10-23-19(26)16(28-20(23)27)9-13-6-7-15(24)14(21)8-13/h3-9,24H,10H2,1-2H3,(H,22,25)/b16-9+. The lowest BCUT2D eigenvalue weighted by molar-refractivity contribution is -0.127. The van der Waals surface area contributed by atoms with Gasteiger partial charge < -0.3 is 10.4 Å². The van der Waals surface area contributed by atoms with E-state index in [0.29, 0.717) is 15.7 Å². The van der Waals surface area contributed by atoms with Gasteiger partial charge in [-0.25, -0.2) is 0 Å². The number of amides is 3. The van der Waals surface area contributed by atoms with Gasteiger partial charge in [-0.3, -0.25) is 19.3 Å². The number of rotatable bonds is 4. The highest BCUT2D eigenvalue weighted by molar-refractivity contribution is 9.10. The summed E-state index contributed by atoms with van der Waals surface area (Å²) in [5, 5.41) is 11.8. The Morgan fingerprint density at radius 2 is 1.89 bits per heavy atom. The number of nitrogens with zero attached hydrogens (tertiary/aromatic N) is 1. The number of hydrogen-bond donors (Lipinski definition) is 2. The third-order valence-corrected chi connectivity index (χ3v) is 5.73. The molecule has 0 spiro atoms. The van der Waals surface area contributed by atoms with Crippen LogP contribution in [0.15, 0.2) is 45.8 Å². The fourth-order valence-corrected chi connectivity index (χ4v) is 3.97. The van der Waals surface area contributed by atoms with Gasteiger partial charge in [0.1, 0.15) is 12.3 Å². The Bertz CT molecular complexity index is 999. The highest BCUT2D eigenvalue weighted by Crippen LogP contribution is 2.33. The van der Waals surface area contributed by atoms with E-state index < -0.39 is 17.1 Å². The van der Waals surface area contributed by atoms with Crippen molar-refractivity contribution in [2.75, 3.05) is 11.9 Å². The molecule has 1 fully saturated rings. The number of anilines is 1. The molecular weight excluding hydrogens is 444 g/mol. The molecule has 2 aromatic rings. The molecule has 3 amide bonds. The lowest BCUT2D eigenvalue weighted by Crippen LogP contribution is -2.36. The molecule has 1 heterocycles. The summed E-state index contributed by atoms with van der Waals surface area (Å²) >= 11 is 3.99. The highest BCUT2D eigenvalue weighted by atomic mass is 79.9. The quantitative estimate of drug-likeness (QED) is 0.658. The first-order chi connectivity index (χ1) is 13.3. The maximum absolute atomic E-state index is 12.6. The normalized spacial score (nSPS) is 15.4. The smallest absolute Gasteiger partial charge is 0.294 e. The number of nitrogens with one attached hydrogen (secondary N) is 1. The van der Waals surface area contributed by atoms with Crippen molar-refractivity contribution >= 4 is 56.5 Å². The first kappa shape index (κ1) is 20.2. The van der Waals surface area contributed by atoms with Crippen LogP contribution in [0.4, 0.5) is 10.5 Å². The molecule has 2 N–H and O–H groups in total. The van der Waals surface area contributed by atoms with Gasteiger partial charge in [-0.1, -0.05) is 24.3 Å². The maximum Gasteiger partial charge on any atom is 0.294 e. The van der Waals surface area contributed by atoms with Crippen LogP contribution >= 0.6 is 27.7 Å². The number of aromatic hydroxyl groups is 1. The molecule has 1 aliphatic heterocycles. The van der Waals surface area contributed by atoms with Crippen molar-refractivity contribution in [3.63, 3.8) is 0 Å². The second-order valence-corrected chi connectivity index (χ2v) is 8.14. The Morgan fingerprint density at radius 3 is 2.54 bits per heavy atom. The minimum atomic E-state index is -0.518. The van der Waals surface area contributed by atoms with Gasteiger partial charge in [0.2, 0.25) is 5.91 Å². The van der Waals surface area contributed by atoms with Crippen molar-refractivity contribution in [3.05, 3.63) is 62.5 Å². The van der Waals surface area contributed by atoms with Crippen LogP contribution in [0.25, 0.3) is 6.08 Å². The minimum Gasteiger partial charge on any atom is -0.507 e. The number of phenolic OH excluding ortho intramolecular Hbond substituents is 1. The molecule has 0 aliphatic carbocycles. The number of imide groups is 1. The number of hydrogen-bond acceptors (Lipinski definition) is 5. The number of carbonyl (C=O) groups is 3. The molecule has 144 valence electrons. The first-order valence-electron chi connectivity index (χ1n) is 8.36. The monoisotopic (exact) mass is 460 g/mol. The Kier molecular flexibility index (Phi) is 5.90. The van der Waals surface area contributed by atoms with Crippen molar-refractivity contribution in [2.24, 2.45) is 0 Å². The van der Waals surface area contributed by atoms with Crippen molar-refractivity contribution < 1.29 is 19.5 Å². The zero-order valence-electron chi connectivity index (χ0n) is 15.2. The predicted octanol–water partition coefficient (Wildman–Crippen LogP) is 4.45. The van der Waals surface area contributed by atoms with Crippen LogP contribution in [0, 0.1) is 13.8 Å². The SMILES string of the molecule is Cc1cccc(C)c1NC(=O)CN1C(=O)S/C(=C/c2ccc(O)c(Br)c2)C1=O. The van der Waals surface area contributed by atoms with E-state index in [-0.39, 0.29) is 17.2 Å². The summed E-state index contributed by atoms with van der Waals surface area (Å²) in [7, 11) is 0. The van der Waals surface area contributed by atoms with Crippen molar-refractivity contribution in [1.82, 2.24) is 4.90 Å². The Morgan fingerprint density at radius 1 is 1.21 bits per heavy atom. The Hall–Kier alpha value is -2.58. The summed E-state index contributed by atoms with van der Waals surface area (Å²) in [5.41, 5.74) is 3.14. The molecule has 0 radical (unpaired) electrons. The molecule has 6 nitrogen and oxygen atoms in total. The number of aryl methyl sites for hydroxylation is 2. The third-order valence-electron chi connectivity index (χ3n) is 4.19. The van der Waals surface area contributed by atoms with E-state index in [1.165, 1.54) is 6.07 Å². The van der Waals surface area contributed by atoms with Gasteiger partial charge in [0, 0.05) is 5.69 Å². The zero-order valence-corrected chi connectivity index (χ0v) is 17.6. The van der Waals surface area contributed by atoms with E-state index in [2.05, 4.69) is 21.2 Å². The van der Waals surface area contributed by atoms with Gasteiger partial charge in [0.05, 0.1) is 9.38 Å². The van der Waals surface area contributed by atoms with Gasteiger partial charge >= 0.3 is 0 Å². The van der Waals surface area contributed by atoms with Crippen LogP contribution in [-0.2, 0) is 9.59 Å². The number of halogens is 1. The van der Waals surface area contributed by atoms with Crippen molar-refractivity contribution in [3.8, 4) is 5.75 Å². The number of thioether (sulfide) groups is 1. The molecule has 0 aromatic heterocycles. The van der Waals surface area contributed by atoms with E-state index in [4.69, 9.17) is 0 Å². The number of phenols is 1. The zero-order chi connectivity index (χ0) is 20.4. The average molecular weight is 461 g/mol. The van der Waals surface area contributed by atoms with Crippen LogP contribution < -0.4 is 5.32 Å². The van der Waals surface area contributed by atoms with Gasteiger partial charge in [-0.2, -0.15) is 0 Å². The Labute approximate surface area is 174 Å². The average Bonchev–Trinajstić information content (AvgIpc) is 2.89. The minimum absolute atomic E-state index is 0.0772. The van der Waals surface area contributed by atoms with E-state index in [0.717, 1.165) is 27.8 Å². The van der Waals surface area contributed by atoms with Crippen molar-refractivity contribution in [2.45, 2.75) is 13.8 Å². The predicted molar refractivity (Wildman–Crippen MR) is 113 cm³/mol. The number of benzene rings is 2. The van der Waals surface area contributed by atoms with Crippen LogP contribution in [0.5, 0.6) is 5.75 Å². The summed E-state index contributed by atoms with van der Waals surface area (Å²) in [6, 6.07) is 10.4. The van der Waals surface area contributed by atoms with Gasteiger partial charge in [-0.15, -0.1) is 0 Å². The number of para-hydroxylation sites is 1. The topological polar surface area (TPSA) is 86.7 Å². The summed E-state index contributed by atoms with van der Waals surface area (Å²) < 4.78 is 0.480. The fraction of sp³-hybridized carbons (Fsp3) is 0.150.